The van der Waals surface area contributed by atoms with Gasteiger partial charge < -0.3 is 10.1 Å². The number of nitrogens with zero attached hydrogens (tertiary/aromatic N) is 2. The Morgan fingerprint density at radius 1 is 1.44 bits per heavy atom. The quantitative estimate of drug-likeness (QED) is 0.703. The molecule has 0 bridgehead atoms. The van der Waals surface area contributed by atoms with Crippen LogP contribution < -0.4 is 11.0 Å². The summed E-state index contributed by atoms with van der Waals surface area (Å²) in [4.78, 5) is 24.5. The molecule has 0 radical (unpaired) electrons. The van der Waals surface area contributed by atoms with Crippen molar-refractivity contribution in [2.75, 3.05) is 6.61 Å². The van der Waals surface area contributed by atoms with Gasteiger partial charge in [0.2, 0.25) is 5.91 Å². The molecule has 0 saturated carbocycles. The number of aromatic amines is 1. The van der Waals surface area contributed by atoms with Crippen molar-refractivity contribution in [1.29, 1.82) is 0 Å². The SMILES string of the molecule is C[C@H](Sc1n[nH]c(=O)n1C[C@@H]1CCCO1)C(=O)N[C@@H](C)c1ccc(F)cc1. The Balaban J connectivity index is 1.61. The molecule has 1 aliphatic rings. The summed E-state index contributed by atoms with van der Waals surface area (Å²) in [5.74, 6) is -0.500. The second-order valence-electron chi connectivity index (χ2n) is 6.60. The van der Waals surface area contributed by atoms with Crippen molar-refractivity contribution < 1.29 is 13.9 Å². The number of amides is 1. The fraction of sp³-hybridized carbons (Fsp3) is 0.500. The molecule has 3 rings (SSSR count). The first-order valence-corrected chi connectivity index (χ1v) is 9.81. The minimum absolute atomic E-state index is 0.00211. The van der Waals surface area contributed by atoms with Crippen LogP contribution in [0.3, 0.4) is 0 Å². The van der Waals surface area contributed by atoms with E-state index in [1.54, 1.807) is 19.1 Å². The molecular weight excluding hydrogens is 371 g/mol. The van der Waals surface area contributed by atoms with E-state index in [4.69, 9.17) is 4.74 Å². The van der Waals surface area contributed by atoms with E-state index in [2.05, 4.69) is 15.5 Å². The predicted molar refractivity (Wildman–Crippen MR) is 100 cm³/mol. The fourth-order valence-electron chi connectivity index (χ4n) is 2.92. The average Bonchev–Trinajstić information content (AvgIpc) is 3.27. The second-order valence-corrected chi connectivity index (χ2v) is 7.91. The van der Waals surface area contributed by atoms with Gasteiger partial charge in [-0.1, -0.05) is 23.9 Å². The van der Waals surface area contributed by atoms with Gasteiger partial charge in [-0.15, -0.1) is 5.10 Å². The number of rotatable bonds is 7. The largest absolute Gasteiger partial charge is 0.376 e. The molecule has 27 heavy (non-hydrogen) atoms. The van der Waals surface area contributed by atoms with Crippen LogP contribution in [0.15, 0.2) is 34.2 Å². The lowest BCUT2D eigenvalue weighted by Gasteiger charge is -2.18. The van der Waals surface area contributed by atoms with E-state index >= 15 is 0 Å². The number of halogens is 1. The first-order chi connectivity index (χ1) is 12.9. The second kappa shape index (κ2) is 8.71. The Labute approximate surface area is 160 Å². The van der Waals surface area contributed by atoms with Crippen LogP contribution in [0, 0.1) is 5.82 Å². The molecule has 3 atom stereocenters. The van der Waals surface area contributed by atoms with Crippen molar-refractivity contribution >= 4 is 17.7 Å². The number of ether oxygens (including phenoxy) is 1. The lowest BCUT2D eigenvalue weighted by Crippen LogP contribution is -2.33. The van der Waals surface area contributed by atoms with Crippen molar-refractivity contribution in [2.45, 2.75) is 55.8 Å². The maximum atomic E-state index is 13.0. The average molecular weight is 394 g/mol. The molecule has 9 heteroatoms. The molecule has 1 aromatic carbocycles. The lowest BCUT2D eigenvalue weighted by molar-refractivity contribution is -0.120. The summed E-state index contributed by atoms with van der Waals surface area (Å²) >= 11 is 1.22. The van der Waals surface area contributed by atoms with Crippen molar-refractivity contribution in [2.24, 2.45) is 0 Å². The highest BCUT2D eigenvalue weighted by molar-refractivity contribution is 8.00. The Morgan fingerprint density at radius 2 is 2.19 bits per heavy atom. The topological polar surface area (TPSA) is 89.0 Å². The molecule has 146 valence electrons. The Morgan fingerprint density at radius 3 is 2.85 bits per heavy atom. The molecule has 1 aliphatic heterocycles. The molecule has 2 heterocycles. The van der Waals surface area contributed by atoms with Crippen LogP contribution in [0.5, 0.6) is 0 Å². The number of thioether (sulfide) groups is 1. The van der Waals surface area contributed by atoms with Crippen LogP contribution in [0.4, 0.5) is 4.39 Å². The number of benzene rings is 1. The summed E-state index contributed by atoms with van der Waals surface area (Å²) in [6.45, 7) is 4.73. The summed E-state index contributed by atoms with van der Waals surface area (Å²) in [6.07, 6.45) is 1.90. The van der Waals surface area contributed by atoms with Gasteiger partial charge in [0.25, 0.3) is 0 Å². The highest BCUT2D eigenvalue weighted by Gasteiger charge is 2.23. The van der Waals surface area contributed by atoms with E-state index in [1.165, 1.54) is 28.5 Å². The number of hydrogen-bond donors (Lipinski definition) is 2. The zero-order chi connectivity index (χ0) is 19.4. The van der Waals surface area contributed by atoms with Gasteiger partial charge in [-0.25, -0.2) is 14.3 Å². The Kier molecular flexibility index (Phi) is 6.33. The zero-order valence-corrected chi connectivity index (χ0v) is 16.1. The summed E-state index contributed by atoms with van der Waals surface area (Å²) in [6, 6.07) is 5.76. The van der Waals surface area contributed by atoms with E-state index in [1.807, 2.05) is 6.92 Å². The van der Waals surface area contributed by atoms with Crippen LogP contribution in [0.2, 0.25) is 0 Å². The first kappa shape index (κ1) is 19.6. The van der Waals surface area contributed by atoms with Crippen molar-refractivity contribution in [3.05, 3.63) is 46.1 Å². The molecule has 1 amide bonds. The van der Waals surface area contributed by atoms with Gasteiger partial charge in [-0.3, -0.25) is 9.36 Å². The molecular formula is C18H23FN4O3S. The predicted octanol–water partition coefficient (Wildman–Crippen LogP) is 2.25. The van der Waals surface area contributed by atoms with Crippen LogP contribution in [-0.2, 0) is 16.1 Å². The third kappa shape index (κ3) is 4.98. The summed E-state index contributed by atoms with van der Waals surface area (Å²) < 4.78 is 20.1. The van der Waals surface area contributed by atoms with E-state index in [9.17, 15) is 14.0 Å². The van der Waals surface area contributed by atoms with Crippen molar-refractivity contribution in [3.63, 3.8) is 0 Å². The van der Waals surface area contributed by atoms with E-state index in [-0.39, 0.29) is 29.6 Å². The molecule has 2 aromatic rings. The molecule has 0 aliphatic carbocycles. The molecule has 1 saturated heterocycles. The fourth-order valence-corrected chi connectivity index (χ4v) is 3.80. The maximum absolute atomic E-state index is 13.0. The summed E-state index contributed by atoms with van der Waals surface area (Å²) in [5.41, 5.74) is 0.511. The lowest BCUT2D eigenvalue weighted by atomic mass is 10.1. The highest BCUT2D eigenvalue weighted by Crippen LogP contribution is 2.23. The number of carbonyl (C=O) groups is 1. The smallest absolute Gasteiger partial charge is 0.344 e. The van der Waals surface area contributed by atoms with Gasteiger partial charge in [0.05, 0.1) is 23.9 Å². The minimum atomic E-state index is -0.452. The number of H-pyrrole nitrogens is 1. The zero-order valence-electron chi connectivity index (χ0n) is 15.3. The van der Waals surface area contributed by atoms with E-state index in [0.717, 1.165) is 18.4 Å². The van der Waals surface area contributed by atoms with Gasteiger partial charge >= 0.3 is 5.69 Å². The van der Waals surface area contributed by atoms with Crippen molar-refractivity contribution in [3.8, 4) is 0 Å². The van der Waals surface area contributed by atoms with Gasteiger partial charge in [0.15, 0.2) is 5.16 Å². The molecule has 2 N–H and O–H groups in total. The maximum Gasteiger partial charge on any atom is 0.344 e. The van der Waals surface area contributed by atoms with Crippen molar-refractivity contribution in [1.82, 2.24) is 20.1 Å². The van der Waals surface area contributed by atoms with E-state index in [0.29, 0.717) is 18.3 Å². The normalized spacial score (nSPS) is 19.0. The van der Waals surface area contributed by atoms with Gasteiger partial charge in [0, 0.05) is 6.61 Å². The number of aromatic nitrogens is 3. The minimum Gasteiger partial charge on any atom is -0.376 e. The van der Waals surface area contributed by atoms with E-state index < -0.39 is 5.25 Å². The Bertz CT molecular complexity index is 830. The number of nitrogens with one attached hydrogen (secondary N) is 2. The van der Waals surface area contributed by atoms with Gasteiger partial charge in [0.1, 0.15) is 5.82 Å². The highest BCUT2D eigenvalue weighted by atomic mass is 32.2. The van der Waals surface area contributed by atoms with Gasteiger partial charge in [-0.05, 0) is 44.4 Å². The van der Waals surface area contributed by atoms with Crippen LogP contribution in [0.25, 0.3) is 0 Å². The summed E-state index contributed by atoms with van der Waals surface area (Å²) in [5, 5.41) is 9.40. The van der Waals surface area contributed by atoms with Crippen LogP contribution in [-0.4, -0.2) is 38.6 Å². The Hall–Kier alpha value is -2.13. The number of hydrogen-bond acceptors (Lipinski definition) is 5. The first-order valence-electron chi connectivity index (χ1n) is 8.93. The number of carbonyl (C=O) groups excluding carboxylic acids is 1. The molecule has 0 spiro atoms. The molecule has 1 fully saturated rings. The van der Waals surface area contributed by atoms with Gasteiger partial charge in [-0.2, -0.15) is 0 Å². The molecule has 1 aromatic heterocycles. The summed E-state index contributed by atoms with van der Waals surface area (Å²) in [7, 11) is 0. The third-order valence-electron chi connectivity index (χ3n) is 4.51. The third-order valence-corrected chi connectivity index (χ3v) is 5.60. The molecule has 0 unspecified atom stereocenters. The molecule has 7 nitrogen and oxygen atoms in total. The standard InChI is InChI=1S/C18H23FN4O3S/c1-11(13-5-7-14(19)8-6-13)20-16(24)12(2)27-18-22-21-17(25)23(18)10-15-4-3-9-26-15/h5-8,11-12,15H,3-4,9-10H2,1-2H3,(H,20,24)(H,21,25)/t11-,12-,15-/m0/s1. The van der Waals surface area contributed by atoms with Crippen LogP contribution >= 0.6 is 11.8 Å². The van der Waals surface area contributed by atoms with Crippen LogP contribution in [0.1, 0.15) is 38.3 Å². The monoisotopic (exact) mass is 394 g/mol.